The number of hydrogen-bond acceptors (Lipinski definition) is 3. The van der Waals surface area contributed by atoms with Crippen molar-refractivity contribution >= 4 is 48.7 Å². The molecule has 2 heterocycles. The molecule has 2 nitrogen and oxygen atoms in total. The zero-order valence-corrected chi connectivity index (χ0v) is 28.1. The quantitative estimate of drug-likeness (QED) is 0.170. The van der Waals surface area contributed by atoms with E-state index in [1.54, 1.807) is 11.3 Å². The molecule has 0 atom stereocenters. The van der Waals surface area contributed by atoms with Gasteiger partial charge in [-0.3, -0.25) is 4.98 Å². The highest BCUT2D eigenvalue weighted by Gasteiger charge is 2.14. The first kappa shape index (κ1) is 29.8. The molecular formula is C47H32N2S. The smallest absolute Gasteiger partial charge is 0.0888 e. The van der Waals surface area contributed by atoms with E-state index in [-0.39, 0.29) is 0 Å². The summed E-state index contributed by atoms with van der Waals surface area (Å²) in [5.41, 5.74) is 14.0. The lowest BCUT2D eigenvalue weighted by molar-refractivity contribution is 1.28. The molecule has 3 heteroatoms. The van der Waals surface area contributed by atoms with Crippen LogP contribution in [0.2, 0.25) is 0 Å². The molecule has 0 saturated carbocycles. The van der Waals surface area contributed by atoms with Crippen LogP contribution in [0.25, 0.3) is 64.8 Å². The second-order valence-electron chi connectivity index (χ2n) is 12.5. The Bertz CT molecular complexity index is 2470. The first-order valence-electron chi connectivity index (χ1n) is 16.9. The molecular weight excluding hydrogens is 625 g/mol. The number of aromatic nitrogens is 1. The van der Waals surface area contributed by atoms with E-state index in [9.17, 15) is 0 Å². The van der Waals surface area contributed by atoms with Crippen LogP contribution < -0.4 is 4.90 Å². The molecule has 0 aliphatic rings. The van der Waals surface area contributed by atoms with E-state index in [1.807, 2.05) is 12.3 Å². The third kappa shape index (κ3) is 5.74. The van der Waals surface area contributed by atoms with Gasteiger partial charge in [-0.05, 0) is 111 Å². The van der Waals surface area contributed by atoms with Crippen molar-refractivity contribution in [2.24, 2.45) is 0 Å². The standard InChI is InChI=1S/C47H32N2S/c1-3-9-33(10-4-1)35-16-23-41(24-17-35)49(42-25-18-36(19-26-42)34-11-5-2-6-12-34)43-27-20-37(21-28-43)38-13-7-14-39(31-38)40-22-29-45-44(32-40)47-46(50-45)15-8-30-48-47/h1-32H. The van der Waals surface area contributed by atoms with Crippen LogP contribution in [0, 0.1) is 0 Å². The zero-order valence-electron chi connectivity index (χ0n) is 27.3. The summed E-state index contributed by atoms with van der Waals surface area (Å²) >= 11 is 1.80. The highest BCUT2D eigenvalue weighted by Crippen LogP contribution is 2.39. The van der Waals surface area contributed by atoms with Crippen molar-refractivity contribution in [2.75, 3.05) is 4.90 Å². The van der Waals surface area contributed by atoms with E-state index >= 15 is 0 Å². The zero-order chi connectivity index (χ0) is 33.3. The van der Waals surface area contributed by atoms with Gasteiger partial charge in [0, 0.05) is 33.3 Å². The van der Waals surface area contributed by atoms with Gasteiger partial charge in [0.15, 0.2) is 0 Å². The number of anilines is 3. The molecule has 0 amide bonds. The van der Waals surface area contributed by atoms with Gasteiger partial charge in [0.25, 0.3) is 0 Å². The number of thiophene rings is 1. The van der Waals surface area contributed by atoms with Crippen molar-refractivity contribution in [3.8, 4) is 44.5 Å². The van der Waals surface area contributed by atoms with Gasteiger partial charge < -0.3 is 4.90 Å². The molecule has 7 aromatic carbocycles. The normalized spacial score (nSPS) is 11.2. The number of rotatable bonds is 7. The maximum absolute atomic E-state index is 4.68. The fraction of sp³-hybridized carbons (Fsp3) is 0. The van der Waals surface area contributed by atoms with Crippen LogP contribution in [0.1, 0.15) is 0 Å². The fourth-order valence-electron chi connectivity index (χ4n) is 6.77. The Morgan fingerprint density at radius 2 is 0.780 bits per heavy atom. The summed E-state index contributed by atoms with van der Waals surface area (Å²) in [6, 6.07) is 67.4. The summed E-state index contributed by atoms with van der Waals surface area (Å²) in [5.74, 6) is 0. The van der Waals surface area contributed by atoms with Crippen LogP contribution in [0.3, 0.4) is 0 Å². The van der Waals surface area contributed by atoms with Gasteiger partial charge in [-0.15, -0.1) is 11.3 Å². The van der Waals surface area contributed by atoms with Crippen LogP contribution in [0.5, 0.6) is 0 Å². The van der Waals surface area contributed by atoms with Gasteiger partial charge >= 0.3 is 0 Å². The van der Waals surface area contributed by atoms with Gasteiger partial charge in [-0.1, -0.05) is 121 Å². The molecule has 0 aliphatic heterocycles. The van der Waals surface area contributed by atoms with E-state index in [1.165, 1.54) is 59.3 Å². The summed E-state index contributed by atoms with van der Waals surface area (Å²) in [5, 5.41) is 1.21. The Hall–Kier alpha value is -6.29. The maximum atomic E-state index is 4.68. The Kier molecular flexibility index (Phi) is 7.73. The summed E-state index contributed by atoms with van der Waals surface area (Å²) in [7, 11) is 0. The van der Waals surface area contributed by atoms with Crippen LogP contribution in [0.15, 0.2) is 194 Å². The SMILES string of the molecule is c1ccc(-c2ccc(N(c3ccc(-c4ccccc4)cc3)c3ccc(-c4cccc(-c5ccc6sc7cccnc7c6c5)c4)cc3)cc2)cc1. The lowest BCUT2D eigenvalue weighted by Gasteiger charge is -2.26. The average Bonchev–Trinajstić information content (AvgIpc) is 3.58. The predicted molar refractivity (Wildman–Crippen MR) is 214 cm³/mol. The van der Waals surface area contributed by atoms with Gasteiger partial charge in [0.05, 0.1) is 10.2 Å². The highest BCUT2D eigenvalue weighted by atomic mass is 32.1. The number of fused-ring (bicyclic) bond motifs is 3. The van der Waals surface area contributed by atoms with Crippen molar-refractivity contribution in [3.63, 3.8) is 0 Å². The molecule has 236 valence electrons. The first-order chi connectivity index (χ1) is 24.8. The van der Waals surface area contributed by atoms with Gasteiger partial charge in [0.2, 0.25) is 0 Å². The minimum Gasteiger partial charge on any atom is -0.311 e. The molecule has 0 spiro atoms. The van der Waals surface area contributed by atoms with Crippen molar-refractivity contribution < 1.29 is 0 Å². The molecule has 0 saturated heterocycles. The number of hydrogen-bond donors (Lipinski definition) is 0. The van der Waals surface area contributed by atoms with Crippen LogP contribution in [-0.2, 0) is 0 Å². The molecule has 9 rings (SSSR count). The lowest BCUT2D eigenvalue weighted by atomic mass is 9.98. The predicted octanol–water partition coefficient (Wildman–Crippen LogP) is 13.6. The Morgan fingerprint density at radius 1 is 0.340 bits per heavy atom. The summed E-state index contributed by atoms with van der Waals surface area (Å²) in [4.78, 5) is 7.01. The van der Waals surface area contributed by atoms with E-state index in [0.29, 0.717) is 0 Å². The molecule has 0 unspecified atom stereocenters. The first-order valence-corrected chi connectivity index (χ1v) is 17.7. The largest absolute Gasteiger partial charge is 0.311 e. The highest BCUT2D eigenvalue weighted by molar-refractivity contribution is 7.25. The summed E-state index contributed by atoms with van der Waals surface area (Å²) in [6.07, 6.45) is 1.88. The number of benzene rings is 7. The van der Waals surface area contributed by atoms with E-state index in [2.05, 4.69) is 192 Å². The molecule has 0 N–H and O–H groups in total. The second-order valence-corrected chi connectivity index (χ2v) is 13.5. The molecule has 2 aromatic heterocycles. The topological polar surface area (TPSA) is 16.1 Å². The molecule has 0 fully saturated rings. The Balaban J connectivity index is 1.06. The number of pyridine rings is 1. The lowest BCUT2D eigenvalue weighted by Crippen LogP contribution is -2.09. The van der Waals surface area contributed by atoms with Crippen molar-refractivity contribution in [3.05, 3.63) is 194 Å². The second kappa shape index (κ2) is 13.0. The van der Waals surface area contributed by atoms with Crippen molar-refractivity contribution in [1.82, 2.24) is 4.98 Å². The van der Waals surface area contributed by atoms with E-state index in [4.69, 9.17) is 0 Å². The molecule has 0 aliphatic carbocycles. The average molecular weight is 657 g/mol. The Morgan fingerprint density at radius 3 is 1.34 bits per heavy atom. The van der Waals surface area contributed by atoms with Gasteiger partial charge in [-0.25, -0.2) is 0 Å². The van der Waals surface area contributed by atoms with Crippen LogP contribution in [0.4, 0.5) is 17.1 Å². The fourth-order valence-corrected chi connectivity index (χ4v) is 7.82. The van der Waals surface area contributed by atoms with Gasteiger partial charge in [-0.2, -0.15) is 0 Å². The molecule has 0 radical (unpaired) electrons. The number of nitrogens with zero attached hydrogens (tertiary/aromatic N) is 2. The molecule has 9 aromatic rings. The van der Waals surface area contributed by atoms with Crippen LogP contribution in [-0.4, -0.2) is 4.98 Å². The third-order valence-electron chi connectivity index (χ3n) is 9.35. The third-order valence-corrected chi connectivity index (χ3v) is 10.5. The molecule has 0 bridgehead atoms. The minimum absolute atomic E-state index is 1.08. The monoisotopic (exact) mass is 656 g/mol. The maximum Gasteiger partial charge on any atom is 0.0888 e. The Labute approximate surface area is 296 Å². The van der Waals surface area contributed by atoms with Crippen molar-refractivity contribution in [2.45, 2.75) is 0 Å². The van der Waals surface area contributed by atoms with Gasteiger partial charge in [0.1, 0.15) is 0 Å². The van der Waals surface area contributed by atoms with E-state index in [0.717, 1.165) is 22.6 Å². The van der Waals surface area contributed by atoms with Crippen LogP contribution >= 0.6 is 11.3 Å². The van der Waals surface area contributed by atoms with Crippen molar-refractivity contribution in [1.29, 1.82) is 0 Å². The summed E-state index contributed by atoms with van der Waals surface area (Å²) in [6.45, 7) is 0. The van der Waals surface area contributed by atoms with E-state index < -0.39 is 0 Å². The minimum atomic E-state index is 1.08. The molecule has 50 heavy (non-hydrogen) atoms. The summed E-state index contributed by atoms with van der Waals surface area (Å²) < 4.78 is 2.49.